The van der Waals surface area contributed by atoms with Crippen LogP contribution in [0.1, 0.15) is 37.8 Å². The molecule has 0 unspecified atom stereocenters. The summed E-state index contributed by atoms with van der Waals surface area (Å²) < 4.78 is 8.58. The molecule has 7 rings (SSSR count). The molecule has 3 heterocycles. The van der Waals surface area contributed by atoms with Crippen LogP contribution in [0.5, 0.6) is 17.4 Å². The molecule has 7 aromatic rings. The summed E-state index contributed by atoms with van der Waals surface area (Å²) >= 11 is 0. The van der Waals surface area contributed by atoms with Gasteiger partial charge in [0.25, 0.3) is 0 Å². The number of para-hydroxylation sites is 1. The number of rotatable bonds is 6. The summed E-state index contributed by atoms with van der Waals surface area (Å²) in [5, 5.41) is 14.0. The molecule has 0 aliphatic carbocycles. The molecule has 0 amide bonds. The van der Waals surface area contributed by atoms with Crippen LogP contribution in [0.3, 0.4) is 0 Å². The average Bonchev–Trinajstić information content (AvgIpc) is 3.35. The van der Waals surface area contributed by atoms with Crippen LogP contribution in [0.4, 0.5) is 0 Å². The fourth-order valence-corrected chi connectivity index (χ4v) is 5.92. The number of aromatic hydroxyl groups is 1. The van der Waals surface area contributed by atoms with Gasteiger partial charge < -0.3 is 9.84 Å². The number of ether oxygens (including phenoxy) is 1. The fourth-order valence-electron chi connectivity index (χ4n) is 5.92. The normalized spacial score (nSPS) is 11.6. The van der Waals surface area contributed by atoms with Crippen molar-refractivity contribution in [1.29, 1.82) is 0 Å². The van der Waals surface area contributed by atoms with Gasteiger partial charge in [-0.3, -0.25) is 4.57 Å². The first-order valence-corrected chi connectivity index (χ1v) is 14.4. The van der Waals surface area contributed by atoms with Crippen molar-refractivity contribution in [3.05, 3.63) is 120 Å². The van der Waals surface area contributed by atoms with Crippen molar-refractivity contribution in [2.24, 2.45) is 0 Å². The van der Waals surface area contributed by atoms with Crippen LogP contribution in [-0.4, -0.2) is 19.6 Å². The van der Waals surface area contributed by atoms with Crippen molar-refractivity contribution >= 4 is 32.7 Å². The van der Waals surface area contributed by atoms with Gasteiger partial charge in [0.2, 0.25) is 5.88 Å². The van der Waals surface area contributed by atoms with E-state index in [1.54, 1.807) is 6.07 Å². The Labute approximate surface area is 244 Å². The van der Waals surface area contributed by atoms with Crippen molar-refractivity contribution in [2.75, 3.05) is 0 Å². The molecule has 4 aromatic carbocycles. The molecule has 0 atom stereocenters. The van der Waals surface area contributed by atoms with Crippen LogP contribution >= 0.6 is 0 Å². The summed E-state index contributed by atoms with van der Waals surface area (Å²) in [6.07, 6.45) is 2.73. The highest BCUT2D eigenvalue weighted by Crippen LogP contribution is 2.38. The number of benzene rings is 4. The Hall–Kier alpha value is -5.16. The maximum atomic E-state index is 10.7. The summed E-state index contributed by atoms with van der Waals surface area (Å²) in [4.78, 5) is 9.65. The largest absolute Gasteiger partial charge is 0.506 e. The number of aromatic nitrogens is 3. The Kier molecular flexibility index (Phi) is 6.35. The van der Waals surface area contributed by atoms with E-state index in [9.17, 15) is 5.11 Å². The Morgan fingerprint density at radius 2 is 1.57 bits per heavy atom. The minimum atomic E-state index is 0.162. The number of pyridine rings is 2. The van der Waals surface area contributed by atoms with E-state index in [0.29, 0.717) is 23.1 Å². The van der Waals surface area contributed by atoms with Crippen molar-refractivity contribution < 1.29 is 9.84 Å². The Morgan fingerprint density at radius 1 is 0.786 bits per heavy atom. The highest BCUT2D eigenvalue weighted by Gasteiger charge is 2.17. The van der Waals surface area contributed by atoms with E-state index in [1.165, 1.54) is 5.56 Å². The third kappa shape index (κ3) is 4.34. The molecule has 0 saturated carbocycles. The van der Waals surface area contributed by atoms with Crippen LogP contribution in [0.25, 0.3) is 49.7 Å². The van der Waals surface area contributed by atoms with Crippen molar-refractivity contribution in [1.82, 2.24) is 14.5 Å². The SMILES string of the molecule is CCc1cc(Oc2ccc3c4ccccc4n(-c4ccc(-c5ccccc5)cn4)c3c2)nc2c(O)ccc(C(C)C)c12. The van der Waals surface area contributed by atoms with E-state index in [2.05, 4.69) is 79.9 Å². The van der Waals surface area contributed by atoms with E-state index < -0.39 is 0 Å². The average molecular weight is 550 g/mol. The van der Waals surface area contributed by atoms with Gasteiger partial charge in [0.05, 0.1) is 11.0 Å². The fraction of sp³-hybridized carbons (Fsp3) is 0.135. The molecule has 5 heteroatoms. The number of aryl methyl sites for hydroxylation is 1. The highest BCUT2D eigenvalue weighted by atomic mass is 16.5. The van der Waals surface area contributed by atoms with Gasteiger partial charge in [-0.15, -0.1) is 0 Å². The lowest BCUT2D eigenvalue weighted by atomic mass is 9.94. The Bertz CT molecular complexity index is 2080. The molecule has 0 fully saturated rings. The second-order valence-corrected chi connectivity index (χ2v) is 10.9. The number of hydrogen-bond donors (Lipinski definition) is 1. The number of phenolic OH excluding ortho intramolecular Hbond substituents is 1. The van der Waals surface area contributed by atoms with Crippen LogP contribution < -0.4 is 4.74 Å². The molecule has 3 aromatic heterocycles. The summed E-state index contributed by atoms with van der Waals surface area (Å²) in [7, 11) is 0. The number of nitrogens with zero attached hydrogens (tertiary/aromatic N) is 3. The molecule has 206 valence electrons. The van der Waals surface area contributed by atoms with Crippen molar-refractivity contribution in [3.63, 3.8) is 0 Å². The number of phenols is 1. The summed E-state index contributed by atoms with van der Waals surface area (Å²) in [6.45, 7) is 6.44. The zero-order valence-electron chi connectivity index (χ0n) is 23.9. The molecule has 42 heavy (non-hydrogen) atoms. The minimum Gasteiger partial charge on any atom is -0.506 e. The maximum Gasteiger partial charge on any atom is 0.220 e. The Morgan fingerprint density at radius 3 is 2.33 bits per heavy atom. The maximum absolute atomic E-state index is 10.7. The molecule has 0 bridgehead atoms. The molecule has 0 aliphatic rings. The monoisotopic (exact) mass is 549 g/mol. The molecule has 5 nitrogen and oxygen atoms in total. The van der Waals surface area contributed by atoms with Crippen LogP contribution in [0.15, 0.2) is 109 Å². The third-order valence-corrected chi connectivity index (χ3v) is 7.98. The predicted molar refractivity (Wildman–Crippen MR) is 171 cm³/mol. The number of fused-ring (bicyclic) bond motifs is 4. The molecule has 0 radical (unpaired) electrons. The van der Waals surface area contributed by atoms with Gasteiger partial charge in [-0.1, -0.05) is 75.4 Å². The van der Waals surface area contributed by atoms with Gasteiger partial charge in [-0.25, -0.2) is 9.97 Å². The third-order valence-electron chi connectivity index (χ3n) is 7.98. The number of hydrogen-bond acceptors (Lipinski definition) is 4. The quantitative estimate of drug-likeness (QED) is 0.224. The van der Waals surface area contributed by atoms with E-state index in [1.807, 2.05) is 48.7 Å². The van der Waals surface area contributed by atoms with Crippen molar-refractivity contribution in [2.45, 2.75) is 33.1 Å². The highest BCUT2D eigenvalue weighted by molar-refractivity contribution is 6.09. The zero-order chi connectivity index (χ0) is 28.8. The molecule has 0 saturated heterocycles. The summed E-state index contributed by atoms with van der Waals surface area (Å²) in [6, 6.07) is 34.7. The first kappa shape index (κ1) is 25.8. The summed E-state index contributed by atoms with van der Waals surface area (Å²) in [5.74, 6) is 2.44. The van der Waals surface area contributed by atoms with Crippen LogP contribution in [0.2, 0.25) is 0 Å². The molecular formula is C37H31N3O2. The van der Waals surface area contributed by atoms with Gasteiger partial charge in [0.1, 0.15) is 22.8 Å². The second-order valence-electron chi connectivity index (χ2n) is 10.9. The first-order valence-electron chi connectivity index (χ1n) is 14.4. The van der Waals surface area contributed by atoms with E-state index in [-0.39, 0.29) is 5.75 Å². The van der Waals surface area contributed by atoms with Crippen LogP contribution in [-0.2, 0) is 6.42 Å². The summed E-state index contributed by atoms with van der Waals surface area (Å²) in [5.41, 5.74) is 7.14. The van der Waals surface area contributed by atoms with Crippen molar-refractivity contribution in [3.8, 4) is 34.3 Å². The standard InChI is InChI=1S/C37H31N3O2/c1-4-24-20-35(39-37-33(41)18-17-28(23(2)3)36(24)37)42-27-15-16-30-29-12-8-9-13-31(29)40(32(30)21-27)34-19-14-26(22-38-34)25-10-6-5-7-11-25/h5-23,41H,4H2,1-3H3. The zero-order valence-corrected chi connectivity index (χ0v) is 23.9. The van der Waals surface area contributed by atoms with E-state index >= 15 is 0 Å². The first-order chi connectivity index (χ1) is 20.5. The lowest BCUT2D eigenvalue weighted by Gasteiger charge is -2.16. The lowest BCUT2D eigenvalue weighted by molar-refractivity contribution is 0.459. The molecular weight excluding hydrogens is 518 g/mol. The predicted octanol–water partition coefficient (Wildman–Crippen LogP) is 9.58. The van der Waals surface area contributed by atoms with E-state index in [4.69, 9.17) is 14.7 Å². The second kappa shape index (κ2) is 10.3. The molecule has 0 aliphatic heterocycles. The Balaban J connectivity index is 1.34. The van der Waals surface area contributed by atoms with Gasteiger partial charge in [0.15, 0.2) is 0 Å². The van der Waals surface area contributed by atoms with E-state index in [0.717, 1.165) is 56.1 Å². The van der Waals surface area contributed by atoms with Crippen LogP contribution in [0, 0.1) is 0 Å². The molecule has 0 spiro atoms. The van der Waals surface area contributed by atoms with Gasteiger partial charge in [-0.2, -0.15) is 0 Å². The minimum absolute atomic E-state index is 0.162. The lowest BCUT2D eigenvalue weighted by Crippen LogP contribution is -1.99. The van der Waals surface area contributed by atoms with Gasteiger partial charge >= 0.3 is 0 Å². The van der Waals surface area contributed by atoms with Gasteiger partial charge in [-0.05, 0) is 65.4 Å². The molecule has 1 N–H and O–H groups in total. The topological polar surface area (TPSA) is 60.2 Å². The van der Waals surface area contributed by atoms with Gasteiger partial charge in [0, 0.05) is 40.1 Å². The smallest absolute Gasteiger partial charge is 0.220 e.